The van der Waals surface area contributed by atoms with Gasteiger partial charge < -0.3 is 14.6 Å². The summed E-state index contributed by atoms with van der Waals surface area (Å²) in [4.78, 5) is 2.17. The Bertz CT molecular complexity index is 691. The third-order valence-corrected chi connectivity index (χ3v) is 3.77. The summed E-state index contributed by atoms with van der Waals surface area (Å²) in [6.07, 6.45) is 0. The second-order valence-electron chi connectivity index (χ2n) is 5.79. The molecule has 1 heterocycles. The number of halogens is 1. The number of likely N-dealkylation sites (N-methyl/N-ethyl adjacent to an activating group) is 1. The summed E-state index contributed by atoms with van der Waals surface area (Å²) in [6.45, 7) is 1.90. The monoisotopic (exact) mass is 330 g/mol. The summed E-state index contributed by atoms with van der Waals surface area (Å²) in [5, 5.41) is 4.76. The molecule has 0 aliphatic heterocycles. The van der Waals surface area contributed by atoms with Crippen molar-refractivity contribution >= 4 is 23.4 Å². The Morgan fingerprint density at radius 1 is 1.00 bits per heavy atom. The van der Waals surface area contributed by atoms with E-state index in [-0.39, 0.29) is 18.4 Å². The minimum Gasteiger partial charge on any atom is -0.459 e. The van der Waals surface area contributed by atoms with Crippen LogP contribution >= 0.6 is 12.4 Å². The summed E-state index contributed by atoms with van der Waals surface area (Å²) in [7, 11) is 4.17. The van der Waals surface area contributed by atoms with Gasteiger partial charge in [0, 0.05) is 18.5 Å². The second kappa shape index (κ2) is 8.16. The fourth-order valence-electron chi connectivity index (χ4n) is 2.61. The molecule has 3 nitrogen and oxygen atoms in total. The topological polar surface area (TPSA) is 28.4 Å². The van der Waals surface area contributed by atoms with Crippen molar-refractivity contribution in [2.24, 2.45) is 0 Å². The standard InChI is InChI=1S/C19H22N2O.ClH/c1-21(2)13-12-20-19(15-8-4-3-5-9-15)18-14-16-10-6-7-11-17(16)22-18;/h3-11,14,19-20H,12-13H2,1-2H3;1H. The summed E-state index contributed by atoms with van der Waals surface area (Å²) < 4.78 is 6.07. The van der Waals surface area contributed by atoms with Gasteiger partial charge in [-0.2, -0.15) is 0 Å². The minimum absolute atomic E-state index is 0. The number of hydrogen-bond acceptors (Lipinski definition) is 3. The molecule has 0 saturated heterocycles. The van der Waals surface area contributed by atoms with Crippen LogP contribution in [-0.2, 0) is 0 Å². The van der Waals surface area contributed by atoms with Crippen LogP contribution in [0.2, 0.25) is 0 Å². The minimum atomic E-state index is 0. The molecular weight excluding hydrogens is 308 g/mol. The Morgan fingerprint density at radius 2 is 1.70 bits per heavy atom. The van der Waals surface area contributed by atoms with Gasteiger partial charge in [-0.3, -0.25) is 0 Å². The van der Waals surface area contributed by atoms with Crippen molar-refractivity contribution in [3.8, 4) is 0 Å². The maximum Gasteiger partial charge on any atom is 0.134 e. The normalized spacial score (nSPS) is 12.3. The van der Waals surface area contributed by atoms with E-state index in [1.807, 2.05) is 24.3 Å². The predicted molar refractivity (Wildman–Crippen MR) is 98.3 cm³/mol. The number of rotatable bonds is 6. The first-order chi connectivity index (χ1) is 10.7. The van der Waals surface area contributed by atoms with Crippen LogP contribution in [0.3, 0.4) is 0 Å². The summed E-state index contributed by atoms with van der Waals surface area (Å²) >= 11 is 0. The number of fused-ring (bicyclic) bond motifs is 1. The van der Waals surface area contributed by atoms with Gasteiger partial charge in [-0.15, -0.1) is 12.4 Å². The number of para-hydroxylation sites is 1. The highest BCUT2D eigenvalue weighted by molar-refractivity contribution is 5.85. The zero-order chi connectivity index (χ0) is 15.4. The average Bonchev–Trinajstić information content (AvgIpc) is 2.95. The molecule has 0 amide bonds. The van der Waals surface area contributed by atoms with E-state index in [0.29, 0.717) is 0 Å². The molecule has 4 heteroatoms. The van der Waals surface area contributed by atoms with E-state index in [2.05, 4.69) is 60.7 Å². The molecule has 1 unspecified atom stereocenters. The zero-order valence-electron chi connectivity index (χ0n) is 13.5. The molecule has 0 bridgehead atoms. The lowest BCUT2D eigenvalue weighted by Crippen LogP contribution is -2.30. The van der Waals surface area contributed by atoms with Crippen LogP contribution in [0.1, 0.15) is 17.4 Å². The van der Waals surface area contributed by atoms with Crippen LogP contribution in [0.25, 0.3) is 11.0 Å². The van der Waals surface area contributed by atoms with Gasteiger partial charge in [0.2, 0.25) is 0 Å². The van der Waals surface area contributed by atoms with Gasteiger partial charge in [0.05, 0.1) is 6.04 Å². The Hall–Kier alpha value is -1.81. The molecule has 0 saturated carbocycles. The molecule has 1 atom stereocenters. The largest absolute Gasteiger partial charge is 0.459 e. The number of furan rings is 1. The molecule has 0 radical (unpaired) electrons. The fourth-order valence-corrected chi connectivity index (χ4v) is 2.61. The third kappa shape index (κ3) is 4.35. The number of hydrogen-bond donors (Lipinski definition) is 1. The van der Waals surface area contributed by atoms with Crippen molar-refractivity contribution in [2.75, 3.05) is 27.2 Å². The molecule has 0 fully saturated rings. The van der Waals surface area contributed by atoms with Gasteiger partial charge in [-0.25, -0.2) is 0 Å². The van der Waals surface area contributed by atoms with Gasteiger partial charge in [0.1, 0.15) is 11.3 Å². The first kappa shape index (κ1) is 17.5. The highest BCUT2D eigenvalue weighted by Crippen LogP contribution is 2.28. The molecule has 0 aliphatic rings. The predicted octanol–water partition coefficient (Wildman–Crippen LogP) is 4.10. The van der Waals surface area contributed by atoms with E-state index in [1.165, 1.54) is 5.56 Å². The third-order valence-electron chi connectivity index (χ3n) is 3.77. The lowest BCUT2D eigenvalue weighted by Gasteiger charge is -2.18. The Kier molecular flexibility index (Phi) is 6.22. The van der Waals surface area contributed by atoms with Crippen molar-refractivity contribution in [3.05, 3.63) is 72.0 Å². The summed E-state index contributed by atoms with van der Waals surface area (Å²) in [5.74, 6) is 0.964. The molecule has 23 heavy (non-hydrogen) atoms. The molecule has 122 valence electrons. The summed E-state index contributed by atoms with van der Waals surface area (Å²) in [6, 6.07) is 20.8. The molecule has 0 aliphatic carbocycles. The number of nitrogens with one attached hydrogen (secondary N) is 1. The van der Waals surface area contributed by atoms with E-state index >= 15 is 0 Å². The van der Waals surface area contributed by atoms with E-state index in [4.69, 9.17) is 4.42 Å². The SMILES string of the molecule is CN(C)CCNC(c1ccccc1)c1cc2ccccc2o1.Cl. The molecule has 3 rings (SSSR count). The van der Waals surface area contributed by atoms with Crippen LogP contribution in [0, 0.1) is 0 Å². The maximum absolute atomic E-state index is 6.07. The second-order valence-corrected chi connectivity index (χ2v) is 5.79. The van der Waals surface area contributed by atoms with Crippen molar-refractivity contribution in [1.29, 1.82) is 0 Å². The molecule has 1 N–H and O–H groups in total. The molecule has 2 aromatic carbocycles. The van der Waals surface area contributed by atoms with Gasteiger partial charge in [-0.1, -0.05) is 48.5 Å². The van der Waals surface area contributed by atoms with Crippen LogP contribution in [0.4, 0.5) is 0 Å². The first-order valence-corrected chi connectivity index (χ1v) is 7.65. The van der Waals surface area contributed by atoms with Crippen molar-refractivity contribution in [2.45, 2.75) is 6.04 Å². The highest BCUT2D eigenvalue weighted by atomic mass is 35.5. The molecule has 1 aromatic heterocycles. The van der Waals surface area contributed by atoms with Crippen LogP contribution in [-0.4, -0.2) is 32.1 Å². The van der Waals surface area contributed by atoms with E-state index in [0.717, 1.165) is 29.8 Å². The maximum atomic E-state index is 6.07. The molecular formula is C19H23ClN2O. The average molecular weight is 331 g/mol. The lowest BCUT2D eigenvalue weighted by molar-refractivity contribution is 0.381. The van der Waals surface area contributed by atoms with Gasteiger partial charge in [0.15, 0.2) is 0 Å². The Labute approximate surface area is 143 Å². The molecule has 0 spiro atoms. The van der Waals surface area contributed by atoms with Crippen molar-refractivity contribution < 1.29 is 4.42 Å². The molecule has 3 aromatic rings. The highest BCUT2D eigenvalue weighted by Gasteiger charge is 2.17. The van der Waals surface area contributed by atoms with Crippen LogP contribution < -0.4 is 5.32 Å². The van der Waals surface area contributed by atoms with Gasteiger partial charge in [-0.05, 0) is 31.8 Å². The Balaban J connectivity index is 0.00000192. The van der Waals surface area contributed by atoms with E-state index < -0.39 is 0 Å². The first-order valence-electron chi connectivity index (χ1n) is 7.65. The van der Waals surface area contributed by atoms with Crippen molar-refractivity contribution in [1.82, 2.24) is 10.2 Å². The van der Waals surface area contributed by atoms with E-state index in [1.54, 1.807) is 0 Å². The quantitative estimate of drug-likeness (QED) is 0.737. The van der Waals surface area contributed by atoms with E-state index in [9.17, 15) is 0 Å². The fraction of sp³-hybridized carbons (Fsp3) is 0.263. The Morgan fingerprint density at radius 3 is 2.39 bits per heavy atom. The zero-order valence-corrected chi connectivity index (χ0v) is 14.3. The smallest absolute Gasteiger partial charge is 0.134 e. The van der Waals surface area contributed by atoms with Gasteiger partial charge in [0.25, 0.3) is 0 Å². The van der Waals surface area contributed by atoms with Crippen LogP contribution in [0.5, 0.6) is 0 Å². The summed E-state index contributed by atoms with van der Waals surface area (Å²) in [5.41, 5.74) is 2.16. The van der Waals surface area contributed by atoms with Crippen molar-refractivity contribution in [3.63, 3.8) is 0 Å². The number of benzene rings is 2. The van der Waals surface area contributed by atoms with Crippen LogP contribution in [0.15, 0.2) is 65.1 Å². The number of nitrogens with zero attached hydrogens (tertiary/aromatic N) is 1. The lowest BCUT2D eigenvalue weighted by atomic mass is 10.0. The van der Waals surface area contributed by atoms with Gasteiger partial charge >= 0.3 is 0 Å².